The zero-order chi connectivity index (χ0) is 16.6. The molecule has 24 heavy (non-hydrogen) atoms. The van der Waals surface area contributed by atoms with Gasteiger partial charge in [0.2, 0.25) is 5.89 Å². The van der Waals surface area contributed by atoms with Crippen molar-refractivity contribution in [1.82, 2.24) is 15.2 Å². The number of hydrogen-bond donors (Lipinski definition) is 0. The van der Waals surface area contributed by atoms with Crippen LogP contribution >= 0.6 is 11.8 Å². The average Bonchev–Trinajstić information content (AvgIpc) is 3.12. The first-order valence-electron chi connectivity index (χ1n) is 7.35. The van der Waals surface area contributed by atoms with E-state index >= 15 is 0 Å². The topological polar surface area (TPSA) is 84.8 Å². The van der Waals surface area contributed by atoms with Gasteiger partial charge >= 0.3 is 0 Å². The molecule has 0 N–H and O–H groups in total. The van der Waals surface area contributed by atoms with E-state index in [0.29, 0.717) is 23.3 Å². The van der Waals surface area contributed by atoms with Crippen molar-refractivity contribution in [2.45, 2.75) is 11.6 Å². The maximum atomic E-state index is 8.74. The van der Waals surface area contributed by atoms with Gasteiger partial charge in [-0.05, 0) is 42.8 Å². The van der Waals surface area contributed by atoms with Crippen LogP contribution in [0.4, 0.5) is 0 Å². The highest BCUT2D eigenvalue weighted by Gasteiger charge is 2.08. The van der Waals surface area contributed by atoms with Crippen molar-refractivity contribution >= 4 is 11.8 Å². The largest absolute Gasteiger partial charge is 0.494 e. The van der Waals surface area contributed by atoms with Crippen LogP contribution in [0.5, 0.6) is 5.75 Å². The van der Waals surface area contributed by atoms with Crippen LogP contribution in [0.2, 0.25) is 0 Å². The minimum Gasteiger partial charge on any atom is -0.494 e. The van der Waals surface area contributed by atoms with Gasteiger partial charge in [0.05, 0.1) is 18.2 Å². The highest BCUT2D eigenvalue weighted by molar-refractivity contribution is 7.99. The highest BCUT2D eigenvalue weighted by atomic mass is 32.2. The van der Waals surface area contributed by atoms with E-state index in [4.69, 9.17) is 14.4 Å². The average molecular weight is 338 g/mol. The molecule has 3 rings (SSSR count). The number of nitriles is 1. The fraction of sp³-hybridized carbons (Fsp3) is 0.176. The maximum Gasteiger partial charge on any atom is 0.276 e. The number of pyridine rings is 1. The summed E-state index contributed by atoms with van der Waals surface area (Å²) in [4.78, 5) is 3.96. The second-order valence-corrected chi connectivity index (χ2v) is 5.84. The second kappa shape index (κ2) is 8.13. The molecule has 120 valence electrons. The summed E-state index contributed by atoms with van der Waals surface area (Å²) in [5.74, 6) is 2.07. The molecule has 0 saturated heterocycles. The summed E-state index contributed by atoms with van der Waals surface area (Å²) >= 11 is 1.50. The third kappa shape index (κ3) is 4.33. The van der Waals surface area contributed by atoms with E-state index in [1.54, 1.807) is 36.7 Å². The lowest BCUT2D eigenvalue weighted by atomic mass is 10.2. The predicted octanol–water partition coefficient (Wildman–Crippen LogP) is 3.56. The van der Waals surface area contributed by atoms with Crippen molar-refractivity contribution in [3.05, 3.63) is 54.4 Å². The van der Waals surface area contributed by atoms with Gasteiger partial charge in [-0.15, -0.1) is 10.2 Å². The van der Waals surface area contributed by atoms with Crippen LogP contribution in [-0.2, 0) is 0 Å². The lowest BCUT2D eigenvalue weighted by Crippen LogP contribution is -1.98. The molecule has 0 aliphatic carbocycles. The van der Waals surface area contributed by atoms with E-state index in [2.05, 4.69) is 21.3 Å². The number of thioether (sulfide) groups is 1. The monoisotopic (exact) mass is 338 g/mol. The summed E-state index contributed by atoms with van der Waals surface area (Å²) in [5, 5.41) is 17.3. The number of rotatable bonds is 7. The normalized spacial score (nSPS) is 10.3. The van der Waals surface area contributed by atoms with Gasteiger partial charge in [-0.2, -0.15) is 5.26 Å². The molecule has 6 nitrogen and oxygen atoms in total. The molecule has 2 aromatic heterocycles. The lowest BCUT2D eigenvalue weighted by Gasteiger charge is -2.04. The Morgan fingerprint density at radius 1 is 1.08 bits per heavy atom. The summed E-state index contributed by atoms with van der Waals surface area (Å²) < 4.78 is 11.2. The smallest absolute Gasteiger partial charge is 0.276 e. The molecular formula is C17H14N4O2S. The summed E-state index contributed by atoms with van der Waals surface area (Å²) in [6.45, 7) is 0.588. The molecule has 1 aromatic carbocycles. The quantitative estimate of drug-likeness (QED) is 0.481. The van der Waals surface area contributed by atoms with Crippen LogP contribution in [0.1, 0.15) is 12.0 Å². The maximum absolute atomic E-state index is 8.74. The van der Waals surface area contributed by atoms with Crippen LogP contribution < -0.4 is 4.74 Å². The summed E-state index contributed by atoms with van der Waals surface area (Å²) in [5.41, 5.74) is 1.48. The Balaban J connectivity index is 1.41. The molecule has 7 heteroatoms. The Bertz CT molecular complexity index is 813. The van der Waals surface area contributed by atoms with Crippen molar-refractivity contribution in [3.8, 4) is 23.3 Å². The number of benzene rings is 1. The fourth-order valence-electron chi connectivity index (χ4n) is 1.91. The minimum atomic E-state index is 0.494. The fourth-order valence-corrected chi connectivity index (χ4v) is 2.59. The predicted molar refractivity (Wildman–Crippen MR) is 89.5 cm³/mol. The Morgan fingerprint density at radius 3 is 2.62 bits per heavy atom. The van der Waals surface area contributed by atoms with Gasteiger partial charge in [0.1, 0.15) is 5.75 Å². The van der Waals surface area contributed by atoms with Crippen LogP contribution in [0.25, 0.3) is 11.5 Å². The van der Waals surface area contributed by atoms with Crippen molar-refractivity contribution in [2.75, 3.05) is 12.4 Å². The van der Waals surface area contributed by atoms with Crippen molar-refractivity contribution in [3.63, 3.8) is 0 Å². The molecule has 0 amide bonds. The highest BCUT2D eigenvalue weighted by Crippen LogP contribution is 2.23. The lowest BCUT2D eigenvalue weighted by molar-refractivity contribution is 0.318. The summed E-state index contributed by atoms with van der Waals surface area (Å²) in [7, 11) is 0. The molecule has 0 saturated carbocycles. The van der Waals surface area contributed by atoms with Gasteiger partial charge in [-0.25, -0.2) is 0 Å². The standard InChI is InChI=1S/C17H14N4O2S/c18-12-13-2-4-15(5-3-13)22-10-1-11-24-17-21-20-16(23-17)14-6-8-19-9-7-14/h2-9H,1,10-11H2. The van der Waals surface area contributed by atoms with Crippen LogP contribution in [0, 0.1) is 11.3 Å². The molecule has 0 atom stereocenters. The first-order chi connectivity index (χ1) is 11.8. The Labute approximate surface area is 143 Å². The van der Waals surface area contributed by atoms with Crippen LogP contribution in [0.15, 0.2) is 58.4 Å². The molecule has 0 spiro atoms. The van der Waals surface area contributed by atoms with Crippen molar-refractivity contribution < 1.29 is 9.15 Å². The van der Waals surface area contributed by atoms with Crippen LogP contribution in [-0.4, -0.2) is 27.5 Å². The zero-order valence-electron chi connectivity index (χ0n) is 12.8. The minimum absolute atomic E-state index is 0.494. The number of aromatic nitrogens is 3. The van der Waals surface area contributed by atoms with E-state index in [-0.39, 0.29) is 0 Å². The zero-order valence-corrected chi connectivity index (χ0v) is 13.6. The van der Waals surface area contributed by atoms with E-state index in [1.165, 1.54) is 11.8 Å². The molecule has 2 heterocycles. The van der Waals surface area contributed by atoms with E-state index in [1.807, 2.05) is 12.1 Å². The number of hydrogen-bond acceptors (Lipinski definition) is 7. The molecule has 0 aliphatic heterocycles. The third-order valence-electron chi connectivity index (χ3n) is 3.10. The summed E-state index contributed by atoms with van der Waals surface area (Å²) in [6.07, 6.45) is 4.22. The molecule has 3 aromatic rings. The van der Waals surface area contributed by atoms with Gasteiger partial charge in [-0.1, -0.05) is 11.8 Å². The molecule has 0 aliphatic rings. The first-order valence-corrected chi connectivity index (χ1v) is 8.33. The van der Waals surface area contributed by atoms with Crippen molar-refractivity contribution in [2.24, 2.45) is 0 Å². The van der Waals surface area contributed by atoms with Crippen LogP contribution in [0.3, 0.4) is 0 Å². The van der Waals surface area contributed by atoms with E-state index in [9.17, 15) is 0 Å². The van der Waals surface area contributed by atoms with Gasteiger partial charge in [-0.3, -0.25) is 4.98 Å². The van der Waals surface area contributed by atoms with Crippen molar-refractivity contribution in [1.29, 1.82) is 5.26 Å². The van der Waals surface area contributed by atoms with Gasteiger partial charge in [0.15, 0.2) is 0 Å². The molecule has 0 fully saturated rings. The third-order valence-corrected chi connectivity index (χ3v) is 4.00. The Morgan fingerprint density at radius 2 is 1.88 bits per heavy atom. The summed E-state index contributed by atoms with van der Waals surface area (Å²) in [6, 6.07) is 12.8. The number of ether oxygens (including phenoxy) is 1. The number of nitrogens with zero attached hydrogens (tertiary/aromatic N) is 4. The second-order valence-electron chi connectivity index (χ2n) is 4.80. The van der Waals surface area contributed by atoms with Gasteiger partial charge in [0.25, 0.3) is 5.22 Å². The molecular weight excluding hydrogens is 324 g/mol. The first kappa shape index (κ1) is 16.0. The molecule has 0 unspecified atom stereocenters. The Kier molecular flexibility index (Phi) is 5.43. The van der Waals surface area contributed by atoms with Gasteiger partial charge < -0.3 is 9.15 Å². The Hall–Kier alpha value is -2.85. The van der Waals surface area contributed by atoms with E-state index in [0.717, 1.165) is 23.5 Å². The van der Waals surface area contributed by atoms with E-state index < -0.39 is 0 Å². The SMILES string of the molecule is N#Cc1ccc(OCCCSc2nnc(-c3ccncc3)o2)cc1. The molecule has 0 bridgehead atoms. The molecule has 0 radical (unpaired) electrons. The van der Waals surface area contributed by atoms with Gasteiger partial charge in [0, 0.05) is 23.7 Å².